The third-order valence-electron chi connectivity index (χ3n) is 6.19. The molecule has 1 unspecified atom stereocenters. The number of aromatic nitrogens is 4. The van der Waals surface area contributed by atoms with Gasteiger partial charge in [0.05, 0.1) is 0 Å². The number of anilines is 1. The van der Waals surface area contributed by atoms with E-state index >= 15 is 0 Å². The monoisotopic (exact) mass is 481 g/mol. The summed E-state index contributed by atoms with van der Waals surface area (Å²) in [6.07, 6.45) is 1.50. The van der Waals surface area contributed by atoms with Crippen LogP contribution in [0, 0.1) is 6.92 Å². The fraction of sp³-hybridized carbons (Fsp3) is 0.440. The number of hydrogen-bond acceptors (Lipinski definition) is 6. The Morgan fingerprint density at radius 1 is 1.12 bits per heavy atom. The number of benzene rings is 2. The molecule has 4 rings (SSSR count). The first kappa shape index (κ1) is 24.2. The highest BCUT2D eigenvalue weighted by Gasteiger charge is 2.22. The molecule has 1 fully saturated rings. The predicted molar refractivity (Wildman–Crippen MR) is 135 cm³/mol. The summed E-state index contributed by atoms with van der Waals surface area (Å²) >= 11 is 5.95. The molecule has 2 aromatic carbocycles. The van der Waals surface area contributed by atoms with Gasteiger partial charge in [-0.3, -0.25) is 9.69 Å². The quantitative estimate of drug-likeness (QED) is 0.470. The molecular weight excluding hydrogens is 450 g/mol. The maximum Gasteiger partial charge on any atom is 0.246 e. The molecule has 2 heterocycles. The number of hydrogen-bond donors (Lipinski definition) is 1. The summed E-state index contributed by atoms with van der Waals surface area (Å²) in [7, 11) is 0. The van der Waals surface area contributed by atoms with Gasteiger partial charge in [-0.1, -0.05) is 30.7 Å². The van der Waals surface area contributed by atoms with Crippen LogP contribution in [0.15, 0.2) is 48.5 Å². The smallest absolute Gasteiger partial charge is 0.246 e. The normalized spacial score (nSPS) is 15.3. The lowest BCUT2D eigenvalue weighted by atomic mass is 10.2. The molecule has 1 aromatic heterocycles. The third-order valence-corrected chi connectivity index (χ3v) is 6.44. The first-order valence-corrected chi connectivity index (χ1v) is 12.3. The van der Waals surface area contributed by atoms with E-state index in [1.807, 2.05) is 19.1 Å². The van der Waals surface area contributed by atoms with E-state index in [0.29, 0.717) is 23.8 Å². The van der Waals surface area contributed by atoms with Crippen molar-refractivity contribution in [2.24, 2.45) is 0 Å². The third kappa shape index (κ3) is 6.12. The van der Waals surface area contributed by atoms with Gasteiger partial charge in [-0.05, 0) is 73.5 Å². The Bertz CT molecular complexity index is 1080. The fourth-order valence-corrected chi connectivity index (χ4v) is 4.34. The number of amides is 1. The van der Waals surface area contributed by atoms with Crippen molar-refractivity contribution >= 4 is 23.2 Å². The summed E-state index contributed by atoms with van der Waals surface area (Å²) in [6, 6.07) is 15.4. The molecule has 0 saturated carbocycles. The standard InChI is InChI=1S/C25H32ClN7O/c1-3-23(33-29-24(28-30-33)20-8-10-21(26)11-9-20)25(34)27-12-5-13-31-14-16-32(17-15-31)22-7-4-6-19(2)18-22/h4,6-11,18,23H,3,5,12-17H2,1-2H3,(H,27,34). The van der Waals surface area contributed by atoms with Gasteiger partial charge in [0.2, 0.25) is 11.7 Å². The van der Waals surface area contributed by atoms with Gasteiger partial charge in [0.25, 0.3) is 0 Å². The van der Waals surface area contributed by atoms with Gasteiger partial charge in [-0.2, -0.15) is 4.80 Å². The molecule has 0 radical (unpaired) electrons. The van der Waals surface area contributed by atoms with E-state index in [4.69, 9.17) is 11.6 Å². The van der Waals surface area contributed by atoms with Gasteiger partial charge in [0.1, 0.15) is 0 Å². The molecule has 1 saturated heterocycles. The van der Waals surface area contributed by atoms with E-state index in [9.17, 15) is 4.79 Å². The lowest BCUT2D eigenvalue weighted by Crippen LogP contribution is -2.47. The molecule has 3 aromatic rings. The second-order valence-electron chi connectivity index (χ2n) is 8.68. The number of tetrazole rings is 1. The Morgan fingerprint density at radius 3 is 2.59 bits per heavy atom. The highest BCUT2D eigenvalue weighted by molar-refractivity contribution is 6.30. The van der Waals surface area contributed by atoms with Crippen molar-refractivity contribution < 1.29 is 4.79 Å². The van der Waals surface area contributed by atoms with Crippen LogP contribution in [0.4, 0.5) is 5.69 Å². The molecule has 9 heteroatoms. The number of carbonyl (C=O) groups excluding carboxylic acids is 1. The second-order valence-corrected chi connectivity index (χ2v) is 9.11. The predicted octanol–water partition coefficient (Wildman–Crippen LogP) is 3.58. The van der Waals surface area contributed by atoms with E-state index in [-0.39, 0.29) is 5.91 Å². The lowest BCUT2D eigenvalue weighted by Gasteiger charge is -2.36. The number of carbonyl (C=O) groups is 1. The number of nitrogens with one attached hydrogen (secondary N) is 1. The van der Waals surface area contributed by atoms with Gasteiger partial charge >= 0.3 is 0 Å². The maximum atomic E-state index is 12.8. The fourth-order valence-electron chi connectivity index (χ4n) is 4.21. The van der Waals surface area contributed by atoms with Gasteiger partial charge in [0.15, 0.2) is 6.04 Å². The van der Waals surface area contributed by atoms with Crippen LogP contribution >= 0.6 is 11.6 Å². The van der Waals surface area contributed by atoms with Crippen molar-refractivity contribution in [3.63, 3.8) is 0 Å². The van der Waals surface area contributed by atoms with Crippen molar-refractivity contribution in [1.82, 2.24) is 30.4 Å². The largest absolute Gasteiger partial charge is 0.369 e. The van der Waals surface area contributed by atoms with E-state index in [1.54, 1.807) is 12.1 Å². The van der Waals surface area contributed by atoms with Gasteiger partial charge in [0, 0.05) is 49.0 Å². The zero-order chi connectivity index (χ0) is 23.9. The Morgan fingerprint density at radius 2 is 1.88 bits per heavy atom. The minimum Gasteiger partial charge on any atom is -0.369 e. The second kappa shape index (κ2) is 11.4. The van der Waals surface area contributed by atoms with Crippen molar-refractivity contribution in [3.05, 3.63) is 59.1 Å². The molecule has 1 amide bonds. The number of piperazine rings is 1. The Labute approximate surface area is 205 Å². The van der Waals surface area contributed by atoms with E-state index < -0.39 is 6.04 Å². The SMILES string of the molecule is CCC(C(=O)NCCCN1CCN(c2cccc(C)c2)CC1)n1nnc(-c2ccc(Cl)cc2)n1. The van der Waals surface area contributed by atoms with Crippen LogP contribution in [-0.2, 0) is 4.79 Å². The summed E-state index contributed by atoms with van der Waals surface area (Å²) in [6.45, 7) is 9.82. The van der Waals surface area contributed by atoms with Crippen LogP contribution in [0.1, 0.15) is 31.4 Å². The molecule has 0 bridgehead atoms. The molecule has 1 aliphatic rings. The van der Waals surface area contributed by atoms with E-state index in [1.165, 1.54) is 16.0 Å². The molecule has 1 aliphatic heterocycles. The molecule has 1 N–H and O–H groups in total. The van der Waals surface area contributed by atoms with Gasteiger partial charge in [-0.15, -0.1) is 10.2 Å². The van der Waals surface area contributed by atoms with Crippen molar-refractivity contribution in [3.8, 4) is 11.4 Å². The van der Waals surface area contributed by atoms with Gasteiger partial charge in [-0.25, -0.2) is 0 Å². The van der Waals surface area contributed by atoms with Crippen LogP contribution in [0.2, 0.25) is 5.02 Å². The molecule has 0 aliphatic carbocycles. The number of nitrogens with zero attached hydrogens (tertiary/aromatic N) is 6. The molecule has 0 spiro atoms. The lowest BCUT2D eigenvalue weighted by molar-refractivity contribution is -0.125. The van der Waals surface area contributed by atoms with Crippen LogP contribution in [0.25, 0.3) is 11.4 Å². The maximum absolute atomic E-state index is 12.8. The molecule has 8 nitrogen and oxygen atoms in total. The summed E-state index contributed by atoms with van der Waals surface area (Å²) in [5.41, 5.74) is 3.41. The zero-order valence-corrected chi connectivity index (χ0v) is 20.6. The van der Waals surface area contributed by atoms with Crippen LogP contribution in [-0.4, -0.2) is 70.3 Å². The van der Waals surface area contributed by atoms with E-state index in [2.05, 4.69) is 61.7 Å². The van der Waals surface area contributed by atoms with Crippen molar-refractivity contribution in [2.45, 2.75) is 32.7 Å². The molecular formula is C25H32ClN7O. The topological polar surface area (TPSA) is 79.2 Å². The Kier molecular flexibility index (Phi) is 8.13. The average molecular weight is 482 g/mol. The summed E-state index contributed by atoms with van der Waals surface area (Å²) in [5, 5.41) is 16.3. The van der Waals surface area contributed by atoms with Crippen LogP contribution in [0.3, 0.4) is 0 Å². The molecule has 180 valence electrons. The number of rotatable bonds is 9. The van der Waals surface area contributed by atoms with Crippen LogP contribution in [0.5, 0.6) is 0 Å². The first-order chi connectivity index (χ1) is 16.5. The van der Waals surface area contributed by atoms with Crippen molar-refractivity contribution in [2.75, 3.05) is 44.2 Å². The Balaban J connectivity index is 1.20. The average Bonchev–Trinajstić information content (AvgIpc) is 3.33. The minimum absolute atomic E-state index is 0.0770. The summed E-state index contributed by atoms with van der Waals surface area (Å²) < 4.78 is 0. The van der Waals surface area contributed by atoms with E-state index in [0.717, 1.165) is 44.7 Å². The summed E-state index contributed by atoms with van der Waals surface area (Å²) in [4.78, 5) is 19.1. The minimum atomic E-state index is -0.480. The van der Waals surface area contributed by atoms with Gasteiger partial charge < -0.3 is 10.2 Å². The highest BCUT2D eigenvalue weighted by Crippen LogP contribution is 2.19. The zero-order valence-electron chi connectivity index (χ0n) is 19.8. The number of aryl methyl sites for hydroxylation is 1. The highest BCUT2D eigenvalue weighted by atomic mass is 35.5. The Hall–Kier alpha value is -2.97. The first-order valence-electron chi connectivity index (χ1n) is 11.9. The van der Waals surface area contributed by atoms with Crippen molar-refractivity contribution in [1.29, 1.82) is 0 Å². The molecule has 34 heavy (non-hydrogen) atoms. The summed E-state index contributed by atoms with van der Waals surface area (Å²) in [5.74, 6) is 0.402. The number of halogens is 1. The molecule has 1 atom stereocenters. The van der Waals surface area contributed by atoms with Crippen LogP contribution < -0.4 is 10.2 Å².